The summed E-state index contributed by atoms with van der Waals surface area (Å²) in [6, 6.07) is 15.5. The van der Waals surface area contributed by atoms with Gasteiger partial charge in [0, 0.05) is 5.39 Å². The van der Waals surface area contributed by atoms with Crippen molar-refractivity contribution in [3.05, 3.63) is 60.2 Å². The van der Waals surface area contributed by atoms with Gasteiger partial charge in [0.05, 0.1) is 12.3 Å². The molecule has 0 aliphatic rings. The number of hydrogen-bond donors (Lipinski definition) is 2. The molecule has 0 bridgehead atoms. The van der Waals surface area contributed by atoms with Crippen molar-refractivity contribution in [1.29, 1.82) is 0 Å². The van der Waals surface area contributed by atoms with Crippen LogP contribution < -0.4 is 4.74 Å². The Balaban J connectivity index is 2.01. The summed E-state index contributed by atoms with van der Waals surface area (Å²) in [4.78, 5) is 11.5. The fourth-order valence-corrected chi connectivity index (χ4v) is 2.50. The lowest BCUT2D eigenvalue weighted by molar-refractivity contribution is 0.0696. The lowest BCUT2D eigenvalue weighted by atomic mass is 10.0. The van der Waals surface area contributed by atoms with E-state index in [-0.39, 0.29) is 11.3 Å². The van der Waals surface area contributed by atoms with Crippen LogP contribution in [0, 0.1) is 0 Å². The average Bonchev–Trinajstić information content (AvgIpc) is 2.61. The molecule has 0 amide bonds. The standard InChI is InChI=1S/C19H16N2O4/c1-2-25-14-9-7-13(8-10-14)20-21-16-11-12-5-3-4-6-15(12)17(18(16)22)19(23)24/h3-11,22H,2H2,1H3,(H,23,24). The Labute approximate surface area is 144 Å². The zero-order chi connectivity index (χ0) is 17.8. The summed E-state index contributed by atoms with van der Waals surface area (Å²) in [5, 5.41) is 28.9. The van der Waals surface area contributed by atoms with Crippen LogP contribution in [0.1, 0.15) is 17.3 Å². The molecule has 0 fully saturated rings. The molecule has 0 radical (unpaired) electrons. The van der Waals surface area contributed by atoms with E-state index in [9.17, 15) is 15.0 Å². The zero-order valence-electron chi connectivity index (χ0n) is 13.5. The fraction of sp³-hybridized carbons (Fsp3) is 0.105. The van der Waals surface area contributed by atoms with Gasteiger partial charge in [-0.1, -0.05) is 24.3 Å². The van der Waals surface area contributed by atoms with Crippen molar-refractivity contribution in [3.63, 3.8) is 0 Å². The minimum atomic E-state index is -1.22. The van der Waals surface area contributed by atoms with E-state index in [4.69, 9.17) is 4.74 Å². The quantitative estimate of drug-likeness (QED) is 0.637. The molecule has 0 aliphatic heterocycles. The first-order chi connectivity index (χ1) is 12.1. The Kier molecular flexibility index (Phi) is 4.61. The number of aromatic hydroxyl groups is 1. The number of rotatable bonds is 5. The molecule has 3 aromatic rings. The van der Waals surface area contributed by atoms with Gasteiger partial charge >= 0.3 is 5.97 Å². The van der Waals surface area contributed by atoms with Crippen LogP contribution in [-0.4, -0.2) is 22.8 Å². The number of carbonyl (C=O) groups is 1. The molecule has 3 rings (SSSR count). The number of carboxylic acid groups (broad SMARTS) is 1. The van der Waals surface area contributed by atoms with Gasteiger partial charge in [0.25, 0.3) is 0 Å². The molecule has 6 heteroatoms. The van der Waals surface area contributed by atoms with Crippen molar-refractivity contribution in [3.8, 4) is 11.5 Å². The third-order valence-corrected chi connectivity index (χ3v) is 3.64. The Bertz CT molecular complexity index is 950. The van der Waals surface area contributed by atoms with E-state index in [1.54, 1.807) is 54.6 Å². The number of azo groups is 1. The monoisotopic (exact) mass is 336 g/mol. The summed E-state index contributed by atoms with van der Waals surface area (Å²) in [7, 11) is 0. The van der Waals surface area contributed by atoms with Crippen LogP contribution in [0.3, 0.4) is 0 Å². The first-order valence-electron chi connectivity index (χ1n) is 7.72. The molecule has 6 nitrogen and oxygen atoms in total. The van der Waals surface area contributed by atoms with Gasteiger partial charge in [0.15, 0.2) is 5.75 Å². The Morgan fingerprint density at radius 2 is 1.80 bits per heavy atom. The topological polar surface area (TPSA) is 91.5 Å². The largest absolute Gasteiger partial charge is 0.505 e. The maximum absolute atomic E-state index is 11.5. The third-order valence-electron chi connectivity index (χ3n) is 3.64. The maximum Gasteiger partial charge on any atom is 0.340 e. The summed E-state index contributed by atoms with van der Waals surface area (Å²) < 4.78 is 5.36. The van der Waals surface area contributed by atoms with Gasteiger partial charge in [0.1, 0.15) is 17.0 Å². The summed E-state index contributed by atoms with van der Waals surface area (Å²) in [6.07, 6.45) is 0. The Morgan fingerprint density at radius 3 is 2.48 bits per heavy atom. The van der Waals surface area contributed by atoms with Crippen molar-refractivity contribution in [1.82, 2.24) is 0 Å². The molecule has 25 heavy (non-hydrogen) atoms. The highest BCUT2D eigenvalue weighted by Gasteiger charge is 2.18. The number of ether oxygens (including phenoxy) is 1. The molecule has 0 saturated heterocycles. The van der Waals surface area contributed by atoms with Gasteiger partial charge < -0.3 is 14.9 Å². The molecule has 3 aromatic carbocycles. The van der Waals surface area contributed by atoms with E-state index in [1.807, 2.05) is 6.92 Å². The van der Waals surface area contributed by atoms with Gasteiger partial charge in [-0.3, -0.25) is 0 Å². The van der Waals surface area contributed by atoms with E-state index in [0.717, 1.165) is 5.75 Å². The highest BCUT2D eigenvalue weighted by molar-refractivity contribution is 6.08. The van der Waals surface area contributed by atoms with Crippen molar-refractivity contribution in [2.45, 2.75) is 6.92 Å². The van der Waals surface area contributed by atoms with Crippen LogP contribution >= 0.6 is 0 Å². The molecule has 0 atom stereocenters. The smallest absolute Gasteiger partial charge is 0.340 e. The zero-order valence-corrected chi connectivity index (χ0v) is 13.5. The summed E-state index contributed by atoms with van der Waals surface area (Å²) in [6.45, 7) is 2.47. The van der Waals surface area contributed by atoms with Gasteiger partial charge in [-0.15, -0.1) is 5.11 Å². The normalized spacial score (nSPS) is 11.1. The van der Waals surface area contributed by atoms with Crippen LogP contribution in [0.15, 0.2) is 64.8 Å². The van der Waals surface area contributed by atoms with Gasteiger partial charge in [0.2, 0.25) is 0 Å². The van der Waals surface area contributed by atoms with E-state index in [0.29, 0.717) is 23.1 Å². The van der Waals surface area contributed by atoms with Gasteiger partial charge in [-0.2, -0.15) is 5.11 Å². The van der Waals surface area contributed by atoms with E-state index < -0.39 is 11.7 Å². The Morgan fingerprint density at radius 1 is 1.08 bits per heavy atom. The van der Waals surface area contributed by atoms with Crippen molar-refractivity contribution < 1.29 is 19.7 Å². The van der Waals surface area contributed by atoms with Crippen LogP contribution in [0.2, 0.25) is 0 Å². The van der Waals surface area contributed by atoms with Gasteiger partial charge in [-0.25, -0.2) is 4.79 Å². The number of phenols is 1. The number of benzene rings is 3. The summed E-state index contributed by atoms with van der Waals surface area (Å²) in [5.41, 5.74) is 0.483. The molecule has 0 aliphatic carbocycles. The van der Waals surface area contributed by atoms with Crippen molar-refractivity contribution in [2.75, 3.05) is 6.61 Å². The van der Waals surface area contributed by atoms with E-state index in [2.05, 4.69) is 10.2 Å². The minimum absolute atomic E-state index is 0.102. The second-order valence-corrected chi connectivity index (χ2v) is 5.27. The van der Waals surface area contributed by atoms with Crippen molar-refractivity contribution >= 4 is 28.1 Å². The second-order valence-electron chi connectivity index (χ2n) is 5.27. The number of fused-ring (bicyclic) bond motifs is 1. The predicted octanol–water partition coefficient (Wildman–Crippen LogP) is 5.06. The van der Waals surface area contributed by atoms with Crippen LogP contribution in [0.4, 0.5) is 11.4 Å². The minimum Gasteiger partial charge on any atom is -0.505 e. The molecule has 126 valence electrons. The molecule has 0 unspecified atom stereocenters. The fourth-order valence-electron chi connectivity index (χ4n) is 2.50. The first-order valence-corrected chi connectivity index (χ1v) is 7.72. The van der Waals surface area contributed by atoms with Crippen LogP contribution in [-0.2, 0) is 0 Å². The van der Waals surface area contributed by atoms with Crippen LogP contribution in [0.5, 0.6) is 11.5 Å². The molecule has 0 heterocycles. The SMILES string of the molecule is CCOc1ccc(N=Nc2cc3ccccc3c(C(=O)O)c2O)cc1. The first kappa shape index (κ1) is 16.4. The van der Waals surface area contributed by atoms with E-state index in [1.165, 1.54) is 0 Å². The lowest BCUT2D eigenvalue weighted by Crippen LogP contribution is -1.98. The molecular weight excluding hydrogens is 320 g/mol. The van der Waals surface area contributed by atoms with Gasteiger partial charge in [-0.05, 0) is 42.6 Å². The number of nitrogens with zero attached hydrogens (tertiary/aromatic N) is 2. The highest BCUT2D eigenvalue weighted by Crippen LogP contribution is 2.37. The molecule has 0 aromatic heterocycles. The molecule has 2 N–H and O–H groups in total. The molecular formula is C19H16N2O4. The average molecular weight is 336 g/mol. The maximum atomic E-state index is 11.5. The Hall–Kier alpha value is -3.41. The summed E-state index contributed by atoms with van der Waals surface area (Å²) >= 11 is 0. The van der Waals surface area contributed by atoms with Crippen LogP contribution in [0.25, 0.3) is 10.8 Å². The molecule has 0 spiro atoms. The number of aromatic carboxylic acids is 1. The number of carboxylic acids is 1. The molecule has 0 saturated carbocycles. The summed E-state index contributed by atoms with van der Waals surface area (Å²) in [5.74, 6) is -0.893. The second kappa shape index (κ2) is 7.00. The van der Waals surface area contributed by atoms with Crippen molar-refractivity contribution in [2.24, 2.45) is 10.2 Å². The predicted molar refractivity (Wildman–Crippen MR) is 94.4 cm³/mol. The lowest BCUT2D eigenvalue weighted by Gasteiger charge is -2.07. The van der Waals surface area contributed by atoms with E-state index >= 15 is 0 Å². The highest BCUT2D eigenvalue weighted by atomic mass is 16.5. The number of hydrogen-bond acceptors (Lipinski definition) is 5. The third kappa shape index (κ3) is 3.42.